The van der Waals surface area contributed by atoms with Crippen LogP contribution < -0.4 is 4.72 Å². The molecule has 0 unspecified atom stereocenters. The summed E-state index contributed by atoms with van der Waals surface area (Å²) in [6.45, 7) is 0.355. The van der Waals surface area contributed by atoms with Crippen molar-refractivity contribution in [3.8, 4) is 0 Å². The van der Waals surface area contributed by atoms with Crippen molar-refractivity contribution in [3.63, 3.8) is 0 Å². The fraction of sp³-hybridized carbons (Fsp3) is 0.143. The van der Waals surface area contributed by atoms with Gasteiger partial charge in [0.15, 0.2) is 0 Å². The van der Waals surface area contributed by atoms with Gasteiger partial charge in [-0.3, -0.25) is 4.72 Å². The minimum absolute atomic E-state index is 0.00734. The van der Waals surface area contributed by atoms with E-state index in [0.717, 1.165) is 17.7 Å². The summed E-state index contributed by atoms with van der Waals surface area (Å²) in [6, 6.07) is 15.8. The summed E-state index contributed by atoms with van der Waals surface area (Å²) in [7, 11) is -7.72. The molecular weight excluding hydrogens is 463 g/mol. The number of sulfonamides is 2. The van der Waals surface area contributed by atoms with Gasteiger partial charge in [0, 0.05) is 18.8 Å². The molecule has 4 rings (SSSR count). The largest absolute Gasteiger partial charge is 0.280 e. The number of hydrogen-bond donors (Lipinski definition) is 1. The molecule has 1 aliphatic heterocycles. The van der Waals surface area contributed by atoms with E-state index in [1.165, 1.54) is 28.6 Å². The molecule has 6 nitrogen and oxygen atoms in total. The lowest BCUT2D eigenvalue weighted by Gasteiger charge is -2.28. The van der Waals surface area contributed by atoms with Gasteiger partial charge in [0.25, 0.3) is 10.0 Å². The Labute approximate surface area is 185 Å². The van der Waals surface area contributed by atoms with Crippen molar-refractivity contribution in [3.05, 3.63) is 88.7 Å². The summed E-state index contributed by atoms with van der Waals surface area (Å²) in [5.74, 6) is -0.515. The van der Waals surface area contributed by atoms with Crippen LogP contribution in [0.4, 0.5) is 10.1 Å². The Hall–Kier alpha value is -2.46. The van der Waals surface area contributed by atoms with Gasteiger partial charge in [-0.15, -0.1) is 0 Å². The van der Waals surface area contributed by atoms with Crippen LogP contribution in [0, 0.1) is 5.82 Å². The summed E-state index contributed by atoms with van der Waals surface area (Å²) >= 11 is 6.01. The minimum Gasteiger partial charge on any atom is -0.280 e. The number of halogens is 2. The van der Waals surface area contributed by atoms with Crippen LogP contribution in [0.15, 0.2) is 76.5 Å². The molecule has 3 aromatic rings. The Morgan fingerprint density at radius 2 is 1.61 bits per heavy atom. The molecule has 1 heterocycles. The van der Waals surface area contributed by atoms with Crippen molar-refractivity contribution in [1.82, 2.24) is 4.31 Å². The second kappa shape index (κ2) is 8.23. The first-order chi connectivity index (χ1) is 14.7. The molecule has 0 amide bonds. The van der Waals surface area contributed by atoms with Gasteiger partial charge in [0.1, 0.15) is 10.7 Å². The highest BCUT2D eigenvalue weighted by molar-refractivity contribution is 7.92. The van der Waals surface area contributed by atoms with E-state index in [4.69, 9.17) is 11.6 Å². The molecule has 0 atom stereocenters. The number of anilines is 1. The second-order valence-electron chi connectivity index (χ2n) is 7.06. The predicted octanol–water partition coefficient (Wildman–Crippen LogP) is 4.03. The number of fused-ring (bicyclic) bond motifs is 1. The number of nitrogens with one attached hydrogen (secondary N) is 1. The highest BCUT2D eigenvalue weighted by atomic mass is 35.5. The molecule has 3 aromatic carbocycles. The monoisotopic (exact) mass is 480 g/mol. The number of rotatable bonds is 5. The molecule has 0 bridgehead atoms. The number of nitrogens with zero attached hydrogens (tertiary/aromatic N) is 1. The van der Waals surface area contributed by atoms with Crippen molar-refractivity contribution in [2.45, 2.75) is 22.8 Å². The highest BCUT2D eigenvalue weighted by Crippen LogP contribution is 2.29. The number of hydrogen-bond acceptors (Lipinski definition) is 4. The van der Waals surface area contributed by atoms with Crippen molar-refractivity contribution < 1.29 is 21.2 Å². The fourth-order valence-corrected chi connectivity index (χ4v) is 6.42. The zero-order chi connectivity index (χ0) is 22.2. The van der Waals surface area contributed by atoms with Crippen LogP contribution in [0.25, 0.3) is 0 Å². The van der Waals surface area contributed by atoms with Gasteiger partial charge >= 0.3 is 0 Å². The molecule has 0 radical (unpaired) electrons. The SMILES string of the molecule is O=S(=O)(Nc1ccc2c(c1)CN(S(=O)(=O)c1ccc(F)cc1)CC2)c1ccccc1Cl. The van der Waals surface area contributed by atoms with Gasteiger partial charge in [0.05, 0.1) is 9.92 Å². The van der Waals surface area contributed by atoms with E-state index < -0.39 is 25.9 Å². The molecule has 31 heavy (non-hydrogen) atoms. The van der Waals surface area contributed by atoms with E-state index in [2.05, 4.69) is 4.72 Å². The van der Waals surface area contributed by atoms with Crippen molar-refractivity contribution in [2.75, 3.05) is 11.3 Å². The van der Waals surface area contributed by atoms with Gasteiger partial charge in [-0.2, -0.15) is 4.31 Å². The van der Waals surface area contributed by atoms with Crippen LogP contribution >= 0.6 is 11.6 Å². The summed E-state index contributed by atoms with van der Waals surface area (Å²) in [4.78, 5) is -0.0390. The maximum Gasteiger partial charge on any atom is 0.263 e. The molecule has 162 valence electrons. The first-order valence-corrected chi connectivity index (χ1v) is 12.6. The van der Waals surface area contributed by atoms with E-state index in [9.17, 15) is 21.2 Å². The van der Waals surface area contributed by atoms with E-state index in [-0.39, 0.29) is 27.9 Å². The standard InChI is InChI=1S/C21H18ClFN2O4S2/c22-20-3-1-2-4-21(20)30(26,27)24-18-8-5-15-11-12-25(14-16(15)13-18)31(28,29)19-9-6-17(23)7-10-19/h1-10,13,24H,11-12,14H2. The Bertz CT molecular complexity index is 1340. The topological polar surface area (TPSA) is 83.6 Å². The first kappa shape index (κ1) is 21.8. The summed E-state index contributed by atoms with van der Waals surface area (Å²) < 4.78 is 68.2. The van der Waals surface area contributed by atoms with Crippen LogP contribution in [-0.2, 0) is 33.0 Å². The molecular formula is C21H18ClFN2O4S2. The average Bonchev–Trinajstić information content (AvgIpc) is 2.73. The first-order valence-electron chi connectivity index (χ1n) is 9.32. The van der Waals surface area contributed by atoms with Gasteiger partial charge < -0.3 is 0 Å². The molecule has 0 saturated heterocycles. The Balaban J connectivity index is 1.60. The van der Waals surface area contributed by atoms with Crippen LogP contribution in [0.5, 0.6) is 0 Å². The normalized spacial score (nSPS) is 14.8. The summed E-state index contributed by atoms with van der Waals surface area (Å²) in [5, 5.41) is 0.101. The van der Waals surface area contributed by atoms with E-state index in [1.807, 2.05) is 0 Å². The maximum absolute atomic E-state index is 13.2. The Morgan fingerprint density at radius 3 is 2.32 bits per heavy atom. The Kier molecular flexibility index (Phi) is 5.78. The molecule has 10 heteroatoms. The zero-order valence-electron chi connectivity index (χ0n) is 16.1. The van der Waals surface area contributed by atoms with Crippen LogP contribution in [-0.4, -0.2) is 27.7 Å². The van der Waals surface area contributed by atoms with Crippen molar-refractivity contribution in [2.24, 2.45) is 0 Å². The van der Waals surface area contributed by atoms with Crippen molar-refractivity contribution in [1.29, 1.82) is 0 Å². The third-order valence-electron chi connectivity index (χ3n) is 5.01. The Morgan fingerprint density at radius 1 is 0.903 bits per heavy atom. The molecule has 1 N–H and O–H groups in total. The van der Waals surface area contributed by atoms with E-state index in [0.29, 0.717) is 17.7 Å². The molecule has 1 aliphatic rings. The van der Waals surface area contributed by atoms with Crippen LogP contribution in [0.3, 0.4) is 0 Å². The predicted molar refractivity (Wildman–Crippen MR) is 116 cm³/mol. The molecule has 0 fully saturated rings. The van der Waals surface area contributed by atoms with Gasteiger partial charge in [-0.25, -0.2) is 21.2 Å². The van der Waals surface area contributed by atoms with E-state index in [1.54, 1.807) is 30.3 Å². The molecule has 0 aromatic heterocycles. The average molecular weight is 481 g/mol. The van der Waals surface area contributed by atoms with Crippen LogP contribution in [0.1, 0.15) is 11.1 Å². The fourth-order valence-electron chi connectivity index (χ4n) is 3.43. The summed E-state index contributed by atoms with van der Waals surface area (Å²) in [6.07, 6.45) is 0.479. The minimum atomic E-state index is -3.91. The van der Waals surface area contributed by atoms with Crippen molar-refractivity contribution >= 4 is 37.3 Å². The van der Waals surface area contributed by atoms with Gasteiger partial charge in [0.2, 0.25) is 10.0 Å². The molecule has 0 spiro atoms. The van der Waals surface area contributed by atoms with Gasteiger partial charge in [-0.1, -0.05) is 29.8 Å². The smallest absolute Gasteiger partial charge is 0.263 e. The lowest BCUT2D eigenvalue weighted by Crippen LogP contribution is -2.36. The van der Waals surface area contributed by atoms with E-state index >= 15 is 0 Å². The molecule has 0 saturated carbocycles. The quantitative estimate of drug-likeness (QED) is 0.597. The third-order valence-corrected chi connectivity index (χ3v) is 8.75. The third kappa shape index (κ3) is 4.45. The summed E-state index contributed by atoms with van der Waals surface area (Å²) in [5.41, 5.74) is 1.93. The zero-order valence-corrected chi connectivity index (χ0v) is 18.5. The second-order valence-corrected chi connectivity index (χ2v) is 11.1. The lowest BCUT2D eigenvalue weighted by molar-refractivity contribution is 0.391. The number of benzene rings is 3. The van der Waals surface area contributed by atoms with Gasteiger partial charge in [-0.05, 0) is 66.1 Å². The van der Waals surface area contributed by atoms with Crippen LogP contribution in [0.2, 0.25) is 5.02 Å². The lowest BCUT2D eigenvalue weighted by atomic mass is 10.0. The highest BCUT2D eigenvalue weighted by Gasteiger charge is 2.29. The maximum atomic E-state index is 13.2. The molecule has 0 aliphatic carbocycles.